The lowest BCUT2D eigenvalue weighted by Crippen LogP contribution is -2.29. The van der Waals surface area contributed by atoms with E-state index in [0.717, 1.165) is 35.8 Å². The van der Waals surface area contributed by atoms with Crippen LogP contribution >= 0.6 is 0 Å². The molecule has 1 saturated heterocycles. The van der Waals surface area contributed by atoms with Crippen LogP contribution in [-0.4, -0.2) is 21.1 Å². The monoisotopic (exact) mass is 268 g/mol. The minimum Gasteiger partial charge on any atom is -0.448 e. The molecule has 5 nitrogen and oxygen atoms in total. The first-order valence-corrected chi connectivity index (χ1v) is 7.04. The zero-order chi connectivity index (χ0) is 13.4. The number of furan rings is 1. The molecule has 4 heterocycles. The number of rotatable bonds is 2. The second-order valence-corrected chi connectivity index (χ2v) is 5.11. The van der Waals surface area contributed by atoms with Crippen molar-refractivity contribution >= 4 is 11.2 Å². The van der Waals surface area contributed by atoms with E-state index in [1.165, 1.54) is 12.8 Å². The molecular formula is C15H16N4O. The maximum atomic E-state index is 5.57. The zero-order valence-electron chi connectivity index (χ0n) is 11.1. The Bertz CT molecular complexity index is 711. The van der Waals surface area contributed by atoms with Gasteiger partial charge >= 0.3 is 0 Å². The minimum atomic E-state index is 0.267. The zero-order valence-corrected chi connectivity index (χ0v) is 11.1. The first-order valence-electron chi connectivity index (χ1n) is 7.04. The van der Waals surface area contributed by atoms with Gasteiger partial charge in [-0.25, -0.2) is 14.5 Å². The highest BCUT2D eigenvalue weighted by Gasteiger charge is 2.24. The van der Waals surface area contributed by atoms with Gasteiger partial charge in [-0.05, 0) is 37.6 Å². The molecule has 5 heteroatoms. The normalized spacial score (nSPS) is 19.5. The van der Waals surface area contributed by atoms with Gasteiger partial charge in [-0.1, -0.05) is 6.42 Å². The van der Waals surface area contributed by atoms with Crippen molar-refractivity contribution in [2.45, 2.75) is 25.3 Å². The smallest absolute Gasteiger partial charge is 0.206 e. The second kappa shape index (κ2) is 4.76. The van der Waals surface area contributed by atoms with Gasteiger partial charge in [0.2, 0.25) is 5.88 Å². The third-order valence-electron chi connectivity index (χ3n) is 3.79. The van der Waals surface area contributed by atoms with Gasteiger partial charge in [0.05, 0.1) is 12.3 Å². The third kappa shape index (κ3) is 1.82. The summed E-state index contributed by atoms with van der Waals surface area (Å²) in [4.78, 5) is 9.24. The van der Waals surface area contributed by atoms with Crippen LogP contribution in [0.15, 0.2) is 41.1 Å². The van der Waals surface area contributed by atoms with Gasteiger partial charge in [-0.15, -0.1) is 0 Å². The molecule has 0 radical (unpaired) electrons. The Morgan fingerprint density at radius 3 is 3.05 bits per heavy atom. The first kappa shape index (κ1) is 11.7. The largest absolute Gasteiger partial charge is 0.448 e. The Morgan fingerprint density at radius 1 is 1.25 bits per heavy atom. The van der Waals surface area contributed by atoms with Gasteiger partial charge < -0.3 is 9.73 Å². The molecule has 0 aliphatic carbocycles. The summed E-state index contributed by atoms with van der Waals surface area (Å²) in [5.74, 6) is 1.77. The fourth-order valence-corrected chi connectivity index (χ4v) is 2.85. The van der Waals surface area contributed by atoms with Gasteiger partial charge in [0.25, 0.3) is 0 Å². The molecule has 0 saturated carbocycles. The number of aromatic nitrogens is 3. The van der Waals surface area contributed by atoms with Gasteiger partial charge in [0.1, 0.15) is 11.3 Å². The van der Waals surface area contributed by atoms with Crippen molar-refractivity contribution in [1.82, 2.24) is 19.9 Å². The van der Waals surface area contributed by atoms with E-state index >= 15 is 0 Å². The summed E-state index contributed by atoms with van der Waals surface area (Å²) >= 11 is 0. The summed E-state index contributed by atoms with van der Waals surface area (Å²) in [6.07, 6.45) is 7.04. The van der Waals surface area contributed by atoms with Crippen LogP contribution in [0.5, 0.6) is 0 Å². The van der Waals surface area contributed by atoms with Gasteiger partial charge in [-0.3, -0.25) is 0 Å². The van der Waals surface area contributed by atoms with Crippen molar-refractivity contribution in [2.75, 3.05) is 6.54 Å². The SMILES string of the molecule is c1coc(-n2c(C3CCCCN3)nc3cccnc32)c1. The average molecular weight is 268 g/mol. The Labute approximate surface area is 116 Å². The Morgan fingerprint density at radius 2 is 2.25 bits per heavy atom. The van der Waals surface area contributed by atoms with E-state index in [1.54, 1.807) is 12.5 Å². The molecule has 3 aromatic heterocycles. The fourth-order valence-electron chi connectivity index (χ4n) is 2.85. The van der Waals surface area contributed by atoms with Crippen LogP contribution in [0.4, 0.5) is 0 Å². The number of nitrogens with one attached hydrogen (secondary N) is 1. The molecule has 1 aliphatic rings. The van der Waals surface area contributed by atoms with Crippen molar-refractivity contribution in [3.63, 3.8) is 0 Å². The van der Waals surface area contributed by atoms with Crippen molar-refractivity contribution < 1.29 is 4.42 Å². The highest BCUT2D eigenvalue weighted by atomic mass is 16.3. The molecule has 3 aromatic rings. The molecule has 0 aromatic carbocycles. The standard InChI is InChI=1S/C15H16N4O/c1-2-8-16-11(5-1)15-18-12-6-3-9-17-14(12)19(15)13-7-4-10-20-13/h3-4,6-7,9-11,16H,1-2,5,8H2. The van der Waals surface area contributed by atoms with Gasteiger partial charge in [0.15, 0.2) is 5.65 Å². The third-order valence-corrected chi connectivity index (χ3v) is 3.79. The molecule has 0 amide bonds. The molecule has 0 bridgehead atoms. The van der Waals surface area contributed by atoms with Crippen molar-refractivity contribution in [3.8, 4) is 5.88 Å². The topological polar surface area (TPSA) is 55.9 Å². The van der Waals surface area contributed by atoms with E-state index < -0.39 is 0 Å². The maximum Gasteiger partial charge on any atom is 0.206 e. The number of fused-ring (bicyclic) bond motifs is 1. The molecule has 1 fully saturated rings. The lowest BCUT2D eigenvalue weighted by Gasteiger charge is -2.23. The number of hydrogen-bond donors (Lipinski definition) is 1. The van der Waals surface area contributed by atoms with Crippen molar-refractivity contribution in [3.05, 3.63) is 42.5 Å². The van der Waals surface area contributed by atoms with Crippen LogP contribution in [0, 0.1) is 0 Å². The first-order chi connectivity index (χ1) is 9.93. The predicted octanol–water partition coefficient (Wildman–Crippen LogP) is 2.83. The molecule has 1 N–H and O–H groups in total. The van der Waals surface area contributed by atoms with E-state index in [-0.39, 0.29) is 6.04 Å². The predicted molar refractivity (Wildman–Crippen MR) is 75.7 cm³/mol. The lowest BCUT2D eigenvalue weighted by molar-refractivity contribution is 0.390. The molecule has 1 atom stereocenters. The van der Waals surface area contributed by atoms with E-state index in [0.29, 0.717) is 0 Å². The van der Waals surface area contributed by atoms with Crippen LogP contribution in [-0.2, 0) is 0 Å². The number of nitrogens with zero attached hydrogens (tertiary/aromatic N) is 3. The van der Waals surface area contributed by atoms with Crippen molar-refractivity contribution in [2.24, 2.45) is 0 Å². The summed E-state index contributed by atoms with van der Waals surface area (Å²) in [5, 5.41) is 3.55. The van der Waals surface area contributed by atoms with Gasteiger partial charge in [-0.2, -0.15) is 0 Å². The van der Waals surface area contributed by atoms with Gasteiger partial charge in [0, 0.05) is 12.3 Å². The summed E-state index contributed by atoms with van der Waals surface area (Å²) in [6, 6.07) is 8.02. The quantitative estimate of drug-likeness (QED) is 0.776. The molecule has 0 spiro atoms. The average Bonchev–Trinajstić information content (AvgIpc) is 3.14. The lowest BCUT2D eigenvalue weighted by atomic mass is 10.0. The fraction of sp³-hybridized carbons (Fsp3) is 0.333. The van der Waals surface area contributed by atoms with Crippen LogP contribution in [0.3, 0.4) is 0 Å². The Hall–Kier alpha value is -2.14. The number of piperidine rings is 1. The molecule has 4 rings (SSSR count). The highest BCUT2D eigenvalue weighted by molar-refractivity contribution is 5.73. The number of imidazole rings is 1. The van der Waals surface area contributed by atoms with E-state index in [1.807, 2.05) is 28.8 Å². The van der Waals surface area contributed by atoms with Crippen LogP contribution in [0.2, 0.25) is 0 Å². The minimum absolute atomic E-state index is 0.267. The van der Waals surface area contributed by atoms with E-state index in [4.69, 9.17) is 9.40 Å². The van der Waals surface area contributed by atoms with Crippen LogP contribution < -0.4 is 5.32 Å². The molecular weight excluding hydrogens is 252 g/mol. The van der Waals surface area contributed by atoms with Crippen LogP contribution in [0.1, 0.15) is 31.1 Å². The Balaban J connectivity index is 1.92. The summed E-state index contributed by atoms with van der Waals surface area (Å²) in [7, 11) is 0. The van der Waals surface area contributed by atoms with Crippen LogP contribution in [0.25, 0.3) is 17.0 Å². The van der Waals surface area contributed by atoms with E-state index in [9.17, 15) is 0 Å². The van der Waals surface area contributed by atoms with E-state index in [2.05, 4.69) is 10.3 Å². The summed E-state index contributed by atoms with van der Waals surface area (Å²) in [5.41, 5.74) is 1.76. The number of pyridine rings is 1. The highest BCUT2D eigenvalue weighted by Crippen LogP contribution is 2.28. The molecule has 1 unspecified atom stereocenters. The second-order valence-electron chi connectivity index (χ2n) is 5.11. The summed E-state index contributed by atoms with van der Waals surface area (Å²) < 4.78 is 7.60. The number of hydrogen-bond acceptors (Lipinski definition) is 4. The molecule has 102 valence electrons. The van der Waals surface area contributed by atoms with Crippen molar-refractivity contribution in [1.29, 1.82) is 0 Å². The summed E-state index contributed by atoms with van der Waals surface area (Å²) in [6.45, 7) is 1.04. The molecule has 20 heavy (non-hydrogen) atoms. The maximum absolute atomic E-state index is 5.57. The Kier molecular flexibility index (Phi) is 2.77. The molecule has 1 aliphatic heterocycles.